The normalized spacial score (nSPS) is 12.2. The molecule has 2 rings (SSSR count). The molecule has 0 atom stereocenters. The zero-order valence-corrected chi connectivity index (χ0v) is 16.7. The van der Waals surface area contributed by atoms with E-state index in [0.717, 1.165) is 36.4 Å². The molecule has 0 saturated heterocycles. The van der Waals surface area contributed by atoms with Crippen LogP contribution >= 0.6 is 0 Å². The Balaban J connectivity index is 2.17. The molecule has 2 aromatic rings. The number of anilines is 1. The van der Waals surface area contributed by atoms with Crippen molar-refractivity contribution in [1.82, 2.24) is 10.6 Å². The summed E-state index contributed by atoms with van der Waals surface area (Å²) in [6.45, 7) is -3.19. The van der Waals surface area contributed by atoms with Gasteiger partial charge in [0.1, 0.15) is 13.1 Å². The molecule has 0 aliphatic heterocycles. The van der Waals surface area contributed by atoms with Crippen molar-refractivity contribution >= 4 is 27.5 Å². The largest absolute Gasteiger partial charge is 0.405 e. The molecule has 0 fully saturated rings. The Labute approximate surface area is 177 Å². The molecule has 0 aliphatic rings. The highest BCUT2D eigenvalue weighted by Gasteiger charge is 2.29. The van der Waals surface area contributed by atoms with Crippen molar-refractivity contribution in [2.75, 3.05) is 17.8 Å². The molecule has 14 heteroatoms. The van der Waals surface area contributed by atoms with Gasteiger partial charge in [-0.15, -0.1) is 0 Å². The second kappa shape index (κ2) is 9.46. The Morgan fingerprint density at radius 3 is 1.78 bits per heavy atom. The Bertz CT molecular complexity index is 1080. The summed E-state index contributed by atoms with van der Waals surface area (Å²) in [6.07, 6.45) is -9.29. The van der Waals surface area contributed by atoms with Gasteiger partial charge >= 0.3 is 12.4 Å². The topological polar surface area (TPSA) is 104 Å². The molecule has 2 aromatic carbocycles. The zero-order valence-electron chi connectivity index (χ0n) is 15.8. The van der Waals surface area contributed by atoms with Gasteiger partial charge in [0.05, 0.1) is 16.1 Å². The van der Waals surface area contributed by atoms with Gasteiger partial charge in [0.25, 0.3) is 21.8 Å². The quantitative estimate of drug-likeness (QED) is 0.527. The minimum atomic E-state index is -4.67. The van der Waals surface area contributed by atoms with Gasteiger partial charge in [-0.05, 0) is 36.4 Å². The van der Waals surface area contributed by atoms with Crippen LogP contribution in [-0.2, 0) is 10.0 Å². The zero-order chi connectivity index (χ0) is 24.2. The molecule has 0 aliphatic carbocycles. The van der Waals surface area contributed by atoms with E-state index in [0.29, 0.717) is 0 Å². The maximum atomic E-state index is 12.6. The summed E-state index contributed by atoms with van der Waals surface area (Å²) in [5.41, 5.74) is -0.914. The first-order valence-corrected chi connectivity index (χ1v) is 10.1. The molecule has 174 valence electrons. The van der Waals surface area contributed by atoms with E-state index in [4.69, 9.17) is 0 Å². The van der Waals surface area contributed by atoms with Crippen molar-refractivity contribution in [2.45, 2.75) is 17.2 Å². The van der Waals surface area contributed by atoms with Gasteiger partial charge in [0.15, 0.2) is 0 Å². The predicted molar refractivity (Wildman–Crippen MR) is 100 cm³/mol. The highest BCUT2D eigenvalue weighted by atomic mass is 32.2. The average molecular weight is 483 g/mol. The molecule has 0 aromatic heterocycles. The van der Waals surface area contributed by atoms with Crippen LogP contribution in [0.5, 0.6) is 0 Å². The minimum Gasteiger partial charge on any atom is -0.343 e. The van der Waals surface area contributed by atoms with E-state index >= 15 is 0 Å². The number of hydrogen-bond donors (Lipinski definition) is 3. The van der Waals surface area contributed by atoms with E-state index in [-0.39, 0.29) is 16.8 Å². The van der Waals surface area contributed by atoms with Gasteiger partial charge in [0, 0.05) is 5.56 Å². The molecule has 0 radical (unpaired) electrons. The van der Waals surface area contributed by atoms with E-state index < -0.39 is 52.2 Å². The van der Waals surface area contributed by atoms with E-state index in [2.05, 4.69) is 4.72 Å². The van der Waals surface area contributed by atoms with E-state index in [1.165, 1.54) is 12.1 Å². The van der Waals surface area contributed by atoms with Crippen molar-refractivity contribution in [3.05, 3.63) is 59.7 Å². The lowest BCUT2D eigenvalue weighted by Gasteiger charge is -2.14. The summed E-state index contributed by atoms with van der Waals surface area (Å²) in [4.78, 5) is 23.3. The van der Waals surface area contributed by atoms with Gasteiger partial charge < -0.3 is 10.6 Å². The Kier molecular flexibility index (Phi) is 7.38. The van der Waals surface area contributed by atoms with Crippen molar-refractivity contribution in [3.8, 4) is 0 Å². The molecule has 0 heterocycles. The SMILES string of the molecule is O=C(NCC(F)(F)F)c1ccc(S(=O)(=O)Nc2ccccc2C(=O)NCC(F)(F)F)cc1. The molecule has 0 unspecified atom stereocenters. The van der Waals surface area contributed by atoms with Gasteiger partial charge in [0.2, 0.25) is 0 Å². The van der Waals surface area contributed by atoms with Crippen LogP contribution in [0.25, 0.3) is 0 Å². The fourth-order valence-corrected chi connectivity index (χ4v) is 3.40. The number of nitrogens with one attached hydrogen (secondary N) is 3. The summed E-state index contributed by atoms with van der Waals surface area (Å²) >= 11 is 0. The third-order valence-corrected chi connectivity index (χ3v) is 5.12. The maximum Gasteiger partial charge on any atom is 0.405 e. The lowest BCUT2D eigenvalue weighted by Crippen LogP contribution is -2.34. The first-order valence-electron chi connectivity index (χ1n) is 8.60. The number of halogens is 6. The minimum absolute atomic E-state index is 0.236. The summed E-state index contributed by atoms with van der Waals surface area (Å²) in [6, 6.07) is 8.75. The highest BCUT2D eigenvalue weighted by molar-refractivity contribution is 7.92. The Morgan fingerprint density at radius 2 is 1.25 bits per heavy atom. The van der Waals surface area contributed by atoms with Crippen LogP contribution in [0.1, 0.15) is 20.7 Å². The number of amides is 2. The van der Waals surface area contributed by atoms with Gasteiger partial charge in [-0.2, -0.15) is 26.3 Å². The Morgan fingerprint density at radius 1 is 0.750 bits per heavy atom. The molecule has 2 amide bonds. The average Bonchev–Trinajstić information content (AvgIpc) is 2.69. The predicted octanol–water partition coefficient (Wildman–Crippen LogP) is 3.07. The van der Waals surface area contributed by atoms with Gasteiger partial charge in [-0.3, -0.25) is 14.3 Å². The van der Waals surface area contributed by atoms with Crippen molar-refractivity contribution < 1.29 is 44.3 Å². The maximum absolute atomic E-state index is 12.6. The van der Waals surface area contributed by atoms with Gasteiger partial charge in [-0.1, -0.05) is 12.1 Å². The van der Waals surface area contributed by atoms with Crippen LogP contribution in [0.2, 0.25) is 0 Å². The third-order valence-electron chi connectivity index (χ3n) is 3.74. The molecular weight excluding hydrogens is 468 g/mol. The molecule has 0 bridgehead atoms. The Hall–Kier alpha value is -3.29. The standard InChI is InChI=1S/C18H15F6N3O4S/c19-17(20,21)9-25-15(28)11-5-7-12(8-6-11)32(30,31)27-14-4-2-1-3-13(14)16(29)26-10-18(22,23)24/h1-8,27H,9-10H2,(H,25,28)(H,26,29). The summed E-state index contributed by atoms with van der Waals surface area (Å²) < 4.78 is 101. The lowest BCUT2D eigenvalue weighted by atomic mass is 10.1. The second-order valence-electron chi connectivity index (χ2n) is 6.27. The van der Waals surface area contributed by atoms with Crippen LogP contribution in [0.15, 0.2) is 53.4 Å². The molecule has 3 N–H and O–H groups in total. The first kappa shape index (κ1) is 25.0. The van der Waals surface area contributed by atoms with Crippen molar-refractivity contribution in [2.24, 2.45) is 0 Å². The summed E-state index contributed by atoms with van der Waals surface area (Å²) in [5, 5.41) is 3.25. The number of hydrogen-bond acceptors (Lipinski definition) is 4. The molecule has 0 spiro atoms. The number of rotatable bonds is 7. The molecular formula is C18H15F6N3O4S. The fraction of sp³-hybridized carbons (Fsp3) is 0.222. The first-order chi connectivity index (χ1) is 14.7. The van der Waals surface area contributed by atoms with E-state index in [9.17, 15) is 44.3 Å². The smallest absolute Gasteiger partial charge is 0.343 e. The van der Waals surface area contributed by atoms with Crippen LogP contribution in [-0.4, -0.2) is 45.7 Å². The summed E-state index contributed by atoms with van der Waals surface area (Å²) in [5.74, 6) is -2.25. The number of benzene rings is 2. The number of alkyl halides is 6. The molecule has 32 heavy (non-hydrogen) atoms. The van der Waals surface area contributed by atoms with Crippen molar-refractivity contribution in [1.29, 1.82) is 0 Å². The van der Waals surface area contributed by atoms with Crippen LogP contribution in [0, 0.1) is 0 Å². The van der Waals surface area contributed by atoms with E-state index in [1.54, 1.807) is 10.6 Å². The van der Waals surface area contributed by atoms with Crippen LogP contribution < -0.4 is 15.4 Å². The number of carbonyl (C=O) groups is 2. The van der Waals surface area contributed by atoms with Crippen LogP contribution in [0.4, 0.5) is 32.0 Å². The van der Waals surface area contributed by atoms with E-state index in [1.807, 2.05) is 0 Å². The fourth-order valence-electron chi connectivity index (χ4n) is 2.32. The van der Waals surface area contributed by atoms with Gasteiger partial charge in [-0.25, -0.2) is 8.42 Å². The van der Waals surface area contributed by atoms with Crippen molar-refractivity contribution in [3.63, 3.8) is 0 Å². The third kappa shape index (κ3) is 7.44. The van der Waals surface area contributed by atoms with Crippen LogP contribution in [0.3, 0.4) is 0 Å². The number of sulfonamides is 1. The molecule has 7 nitrogen and oxygen atoms in total. The monoisotopic (exact) mass is 483 g/mol. The second-order valence-corrected chi connectivity index (χ2v) is 7.95. The number of carbonyl (C=O) groups excluding carboxylic acids is 2. The number of para-hydroxylation sites is 1. The highest BCUT2D eigenvalue weighted by Crippen LogP contribution is 2.21. The summed E-state index contributed by atoms with van der Waals surface area (Å²) in [7, 11) is -4.35. The molecule has 0 saturated carbocycles. The lowest BCUT2D eigenvalue weighted by molar-refractivity contribution is -0.123.